The zero-order valence-corrected chi connectivity index (χ0v) is 22.5. The quantitative estimate of drug-likeness (QED) is 0.208. The summed E-state index contributed by atoms with van der Waals surface area (Å²) in [5.41, 5.74) is 7.66. The summed E-state index contributed by atoms with van der Waals surface area (Å²) >= 11 is 0. The SMILES string of the molecule is Cc1ccc(-c2ccccc2)cc1.Cc1ccc(OC(F)(F)F)cc1C(=O)c1cc(-c2ccccc2)ccc1C. The molecule has 0 aromatic heterocycles. The summed E-state index contributed by atoms with van der Waals surface area (Å²) in [6.07, 6.45) is -4.81. The minimum Gasteiger partial charge on any atom is -0.406 e. The molecule has 40 heavy (non-hydrogen) atoms. The predicted octanol–water partition coefficient (Wildman–Crippen LogP) is 9.76. The van der Waals surface area contributed by atoms with Gasteiger partial charge >= 0.3 is 6.36 Å². The normalized spacial score (nSPS) is 10.8. The summed E-state index contributed by atoms with van der Waals surface area (Å²) in [5, 5.41) is 0. The van der Waals surface area contributed by atoms with Crippen LogP contribution in [0.1, 0.15) is 32.6 Å². The van der Waals surface area contributed by atoms with Gasteiger partial charge in [0.15, 0.2) is 5.78 Å². The Bertz CT molecular complexity index is 1570. The summed E-state index contributed by atoms with van der Waals surface area (Å²) in [5.74, 6) is -0.747. The second-order valence-electron chi connectivity index (χ2n) is 9.48. The third-order valence-electron chi connectivity index (χ3n) is 6.44. The third-order valence-corrected chi connectivity index (χ3v) is 6.44. The van der Waals surface area contributed by atoms with Gasteiger partial charge < -0.3 is 4.74 Å². The number of carbonyl (C=O) groups excluding carboxylic acids is 1. The fourth-order valence-electron chi connectivity index (χ4n) is 4.24. The Kier molecular flexibility index (Phi) is 8.85. The number of hydrogen-bond acceptors (Lipinski definition) is 2. The van der Waals surface area contributed by atoms with Gasteiger partial charge in [0.2, 0.25) is 0 Å². The number of hydrogen-bond donors (Lipinski definition) is 0. The molecule has 0 amide bonds. The van der Waals surface area contributed by atoms with Gasteiger partial charge in [-0.15, -0.1) is 13.2 Å². The van der Waals surface area contributed by atoms with Gasteiger partial charge in [0.25, 0.3) is 0 Å². The van der Waals surface area contributed by atoms with E-state index < -0.39 is 12.1 Å². The van der Waals surface area contributed by atoms with Crippen molar-refractivity contribution >= 4 is 5.78 Å². The molecule has 0 N–H and O–H groups in total. The van der Waals surface area contributed by atoms with Crippen LogP contribution in [0.3, 0.4) is 0 Å². The summed E-state index contributed by atoms with van der Waals surface area (Å²) in [6, 6.07) is 37.9. The summed E-state index contributed by atoms with van der Waals surface area (Å²) in [6.45, 7) is 5.59. The second kappa shape index (κ2) is 12.5. The van der Waals surface area contributed by atoms with Crippen LogP contribution in [-0.4, -0.2) is 12.1 Å². The lowest BCUT2D eigenvalue weighted by Crippen LogP contribution is -2.17. The predicted molar refractivity (Wildman–Crippen MR) is 155 cm³/mol. The molecule has 5 aromatic rings. The maximum absolute atomic E-state index is 13.1. The van der Waals surface area contributed by atoms with Crippen LogP contribution in [0.15, 0.2) is 121 Å². The Labute approximate surface area is 232 Å². The molecule has 0 atom stereocenters. The zero-order chi connectivity index (χ0) is 28.7. The first kappa shape index (κ1) is 28.4. The van der Waals surface area contributed by atoms with E-state index in [0.717, 1.165) is 22.8 Å². The van der Waals surface area contributed by atoms with Crippen LogP contribution >= 0.6 is 0 Å². The molecule has 0 heterocycles. The third kappa shape index (κ3) is 7.48. The molecule has 0 aliphatic carbocycles. The number of carbonyl (C=O) groups is 1. The van der Waals surface area contributed by atoms with E-state index in [1.807, 2.05) is 48.5 Å². The molecule has 0 aliphatic rings. The lowest BCUT2D eigenvalue weighted by molar-refractivity contribution is -0.274. The van der Waals surface area contributed by atoms with Gasteiger partial charge in [0.05, 0.1) is 0 Å². The van der Waals surface area contributed by atoms with E-state index in [-0.39, 0.29) is 11.3 Å². The Hall–Kier alpha value is -4.64. The highest BCUT2D eigenvalue weighted by Gasteiger charge is 2.31. The molecule has 0 saturated carbocycles. The average molecular weight is 539 g/mol. The maximum atomic E-state index is 13.1. The molecule has 5 aromatic carbocycles. The van der Waals surface area contributed by atoms with E-state index in [9.17, 15) is 18.0 Å². The topological polar surface area (TPSA) is 26.3 Å². The van der Waals surface area contributed by atoms with Crippen molar-refractivity contribution in [1.29, 1.82) is 0 Å². The van der Waals surface area contributed by atoms with Crippen LogP contribution < -0.4 is 4.74 Å². The maximum Gasteiger partial charge on any atom is 0.573 e. The van der Waals surface area contributed by atoms with Gasteiger partial charge in [0.1, 0.15) is 5.75 Å². The molecule has 5 heteroatoms. The van der Waals surface area contributed by atoms with Crippen molar-refractivity contribution in [2.24, 2.45) is 0 Å². The van der Waals surface area contributed by atoms with Gasteiger partial charge in [-0.3, -0.25) is 4.79 Å². The largest absolute Gasteiger partial charge is 0.573 e. The molecule has 0 unspecified atom stereocenters. The van der Waals surface area contributed by atoms with Crippen LogP contribution in [0.4, 0.5) is 13.2 Å². The highest BCUT2D eigenvalue weighted by atomic mass is 19.4. The van der Waals surface area contributed by atoms with Crippen molar-refractivity contribution in [2.75, 3.05) is 0 Å². The van der Waals surface area contributed by atoms with Gasteiger partial charge in [-0.1, -0.05) is 109 Å². The molecule has 0 bridgehead atoms. The Morgan fingerprint density at radius 2 is 1.00 bits per heavy atom. The summed E-state index contributed by atoms with van der Waals surface area (Å²) < 4.78 is 41.4. The fraction of sp³-hybridized carbons (Fsp3) is 0.114. The minimum atomic E-state index is -4.81. The smallest absolute Gasteiger partial charge is 0.406 e. The number of ether oxygens (including phenoxy) is 1. The standard InChI is InChI=1S/C22H17F3O2.C13H12/c1-14-8-10-17(16-6-4-3-5-7-16)12-19(14)21(26)20-13-18(11-9-15(20)2)27-22(23,24)25;1-11-7-9-13(10-8-11)12-5-3-2-4-6-12/h3-13H,1-2H3;2-10H,1H3. The number of rotatable bonds is 5. The van der Waals surface area contributed by atoms with Gasteiger partial charge in [0, 0.05) is 11.1 Å². The highest BCUT2D eigenvalue weighted by Crippen LogP contribution is 2.29. The van der Waals surface area contributed by atoms with Crippen molar-refractivity contribution in [3.63, 3.8) is 0 Å². The zero-order valence-electron chi connectivity index (χ0n) is 22.5. The van der Waals surface area contributed by atoms with Crippen molar-refractivity contribution in [1.82, 2.24) is 0 Å². The molecule has 0 radical (unpaired) electrons. The summed E-state index contributed by atoms with van der Waals surface area (Å²) in [4.78, 5) is 13.1. The van der Waals surface area contributed by atoms with Crippen molar-refractivity contribution in [3.05, 3.63) is 149 Å². The van der Waals surface area contributed by atoms with E-state index in [0.29, 0.717) is 11.1 Å². The van der Waals surface area contributed by atoms with Crippen molar-refractivity contribution in [3.8, 4) is 28.0 Å². The van der Waals surface area contributed by atoms with E-state index in [1.165, 1.54) is 28.8 Å². The first-order valence-electron chi connectivity index (χ1n) is 12.8. The van der Waals surface area contributed by atoms with Gasteiger partial charge in [-0.25, -0.2) is 0 Å². The van der Waals surface area contributed by atoms with E-state index >= 15 is 0 Å². The minimum absolute atomic E-state index is 0.185. The average Bonchev–Trinajstić information content (AvgIpc) is 2.95. The molecule has 0 saturated heterocycles. The molecule has 202 valence electrons. The Morgan fingerprint density at radius 1 is 0.550 bits per heavy atom. The first-order chi connectivity index (χ1) is 19.1. The second-order valence-corrected chi connectivity index (χ2v) is 9.48. The number of aryl methyl sites for hydroxylation is 3. The van der Waals surface area contributed by atoms with Crippen molar-refractivity contribution in [2.45, 2.75) is 27.1 Å². The molecule has 2 nitrogen and oxygen atoms in total. The van der Waals surface area contributed by atoms with Crippen LogP contribution in [0.5, 0.6) is 5.75 Å². The first-order valence-corrected chi connectivity index (χ1v) is 12.8. The summed E-state index contributed by atoms with van der Waals surface area (Å²) in [7, 11) is 0. The van der Waals surface area contributed by atoms with Crippen LogP contribution in [-0.2, 0) is 0 Å². The van der Waals surface area contributed by atoms with E-state index in [1.54, 1.807) is 19.9 Å². The number of halogens is 3. The van der Waals surface area contributed by atoms with Crippen molar-refractivity contribution < 1.29 is 22.7 Å². The lowest BCUT2D eigenvalue weighted by Gasteiger charge is -2.13. The Balaban J connectivity index is 0.000000236. The van der Waals surface area contributed by atoms with Gasteiger partial charge in [-0.2, -0.15) is 0 Å². The van der Waals surface area contributed by atoms with Crippen LogP contribution in [0, 0.1) is 20.8 Å². The molecular weight excluding hydrogens is 509 g/mol. The van der Waals surface area contributed by atoms with E-state index in [2.05, 4.69) is 60.2 Å². The highest BCUT2D eigenvalue weighted by molar-refractivity contribution is 6.11. The number of alkyl halides is 3. The molecule has 0 aliphatic heterocycles. The fourth-order valence-corrected chi connectivity index (χ4v) is 4.24. The number of ketones is 1. The number of benzene rings is 5. The van der Waals surface area contributed by atoms with E-state index in [4.69, 9.17) is 0 Å². The molecule has 0 spiro atoms. The van der Waals surface area contributed by atoms with Gasteiger partial charge in [-0.05, 0) is 72.4 Å². The molecular formula is C35H29F3O2. The lowest BCUT2D eigenvalue weighted by atomic mass is 9.93. The van der Waals surface area contributed by atoms with Crippen LogP contribution in [0.2, 0.25) is 0 Å². The Morgan fingerprint density at radius 3 is 1.55 bits per heavy atom. The molecule has 0 fully saturated rings. The van der Waals surface area contributed by atoms with Crippen LogP contribution in [0.25, 0.3) is 22.3 Å². The molecule has 5 rings (SSSR count). The monoisotopic (exact) mass is 538 g/mol.